The van der Waals surface area contributed by atoms with Crippen LogP contribution in [0.15, 0.2) is 40.8 Å². The number of pyridine rings is 1. The summed E-state index contributed by atoms with van der Waals surface area (Å²) < 4.78 is 0. The van der Waals surface area contributed by atoms with Gasteiger partial charge in [0.05, 0.1) is 5.02 Å². The van der Waals surface area contributed by atoms with E-state index in [4.69, 9.17) is 16.9 Å². The molecule has 0 spiro atoms. The van der Waals surface area contributed by atoms with Gasteiger partial charge in [-0.05, 0) is 30.0 Å². The second kappa shape index (κ2) is 4.92. The number of aromatic nitrogens is 3. The van der Waals surface area contributed by atoms with Crippen molar-refractivity contribution in [2.75, 3.05) is 0 Å². The summed E-state index contributed by atoms with van der Waals surface area (Å²) in [6, 6.07) is 7.03. The lowest BCUT2D eigenvalue weighted by molar-refractivity contribution is 0.946. The molecule has 0 aromatic carbocycles. The lowest BCUT2D eigenvalue weighted by Gasteiger charge is -1.98. The van der Waals surface area contributed by atoms with E-state index in [-0.39, 0.29) is 0 Å². The van der Waals surface area contributed by atoms with E-state index in [1.807, 2.05) is 6.07 Å². The quantitative estimate of drug-likeness (QED) is 0.765. The van der Waals surface area contributed by atoms with Crippen molar-refractivity contribution in [3.63, 3.8) is 0 Å². The minimum atomic E-state index is 0.339. The molecule has 16 heavy (non-hydrogen) atoms. The van der Waals surface area contributed by atoms with Crippen LogP contribution in [-0.4, -0.2) is 15.0 Å². The highest BCUT2D eigenvalue weighted by Gasteiger charge is 2.02. The molecule has 4 nitrogen and oxygen atoms in total. The molecule has 0 aliphatic carbocycles. The van der Waals surface area contributed by atoms with Crippen LogP contribution in [0.4, 0.5) is 0 Å². The maximum absolute atomic E-state index is 8.68. The first-order valence-corrected chi connectivity index (χ1v) is 5.50. The summed E-state index contributed by atoms with van der Waals surface area (Å²) in [7, 11) is 0. The molecule has 0 saturated carbocycles. The van der Waals surface area contributed by atoms with Gasteiger partial charge in [0.1, 0.15) is 16.8 Å². The number of hydrogen-bond acceptors (Lipinski definition) is 5. The molecule has 2 aromatic heterocycles. The SMILES string of the molecule is N#Cc1ccnc(Sc2ccc(Cl)cn2)n1. The summed E-state index contributed by atoms with van der Waals surface area (Å²) in [6.07, 6.45) is 3.10. The third kappa shape index (κ3) is 2.69. The smallest absolute Gasteiger partial charge is 0.195 e. The van der Waals surface area contributed by atoms with Crippen LogP contribution in [0.5, 0.6) is 0 Å². The Hall–Kier alpha value is -1.64. The van der Waals surface area contributed by atoms with Crippen LogP contribution in [0.3, 0.4) is 0 Å². The molecule has 2 rings (SSSR count). The Bertz CT molecular complexity index is 535. The lowest BCUT2D eigenvalue weighted by Crippen LogP contribution is -1.89. The van der Waals surface area contributed by atoms with Crippen LogP contribution in [0.1, 0.15) is 5.69 Å². The molecule has 0 radical (unpaired) electrons. The van der Waals surface area contributed by atoms with Crippen LogP contribution in [0.25, 0.3) is 0 Å². The Morgan fingerprint density at radius 3 is 2.81 bits per heavy atom. The van der Waals surface area contributed by atoms with Crippen LogP contribution < -0.4 is 0 Å². The third-order valence-electron chi connectivity index (χ3n) is 1.64. The molecule has 78 valence electrons. The first-order valence-electron chi connectivity index (χ1n) is 4.30. The molecule has 0 saturated heterocycles. The van der Waals surface area contributed by atoms with Crippen LogP contribution in [0.2, 0.25) is 5.02 Å². The second-order valence-electron chi connectivity index (χ2n) is 2.75. The molecule has 6 heteroatoms. The first kappa shape index (κ1) is 10.9. The molecule has 0 atom stereocenters. The molecule has 0 fully saturated rings. The Balaban J connectivity index is 2.21. The molecule has 0 unspecified atom stereocenters. The topological polar surface area (TPSA) is 62.5 Å². The van der Waals surface area contributed by atoms with E-state index in [0.29, 0.717) is 15.9 Å². The van der Waals surface area contributed by atoms with E-state index in [1.54, 1.807) is 30.6 Å². The van der Waals surface area contributed by atoms with Crippen molar-refractivity contribution in [1.82, 2.24) is 15.0 Å². The van der Waals surface area contributed by atoms with Gasteiger partial charge in [0.15, 0.2) is 5.16 Å². The Morgan fingerprint density at radius 1 is 1.25 bits per heavy atom. The van der Waals surface area contributed by atoms with Gasteiger partial charge in [0, 0.05) is 12.4 Å². The summed E-state index contributed by atoms with van der Waals surface area (Å²) >= 11 is 7.00. The summed E-state index contributed by atoms with van der Waals surface area (Å²) in [5.41, 5.74) is 0.339. The first-order chi connectivity index (χ1) is 7.78. The van der Waals surface area contributed by atoms with Gasteiger partial charge >= 0.3 is 0 Å². The fourth-order valence-electron chi connectivity index (χ4n) is 0.968. The van der Waals surface area contributed by atoms with Crippen LogP contribution in [0, 0.1) is 11.3 Å². The van der Waals surface area contributed by atoms with Gasteiger partial charge in [0.2, 0.25) is 0 Å². The monoisotopic (exact) mass is 248 g/mol. The number of hydrogen-bond donors (Lipinski definition) is 0. The Morgan fingerprint density at radius 2 is 2.12 bits per heavy atom. The van der Waals surface area contributed by atoms with Crippen molar-refractivity contribution in [2.45, 2.75) is 10.2 Å². The van der Waals surface area contributed by atoms with E-state index in [1.165, 1.54) is 11.8 Å². The highest BCUT2D eigenvalue weighted by atomic mass is 35.5. The van der Waals surface area contributed by atoms with E-state index >= 15 is 0 Å². The fraction of sp³-hybridized carbons (Fsp3) is 0. The van der Waals surface area contributed by atoms with E-state index in [2.05, 4.69) is 15.0 Å². The highest BCUT2D eigenvalue weighted by Crippen LogP contribution is 2.22. The number of nitriles is 1. The van der Waals surface area contributed by atoms with Crippen molar-refractivity contribution >= 4 is 23.4 Å². The van der Waals surface area contributed by atoms with Crippen molar-refractivity contribution < 1.29 is 0 Å². The maximum Gasteiger partial charge on any atom is 0.195 e. The highest BCUT2D eigenvalue weighted by molar-refractivity contribution is 7.99. The van der Waals surface area contributed by atoms with Gasteiger partial charge in [0.25, 0.3) is 0 Å². The normalized spacial score (nSPS) is 9.75. The number of rotatable bonds is 2. The predicted octanol–water partition coefficient (Wildman–Crippen LogP) is 2.55. The van der Waals surface area contributed by atoms with Crippen molar-refractivity contribution in [3.05, 3.63) is 41.3 Å². The van der Waals surface area contributed by atoms with Crippen molar-refractivity contribution in [2.24, 2.45) is 0 Å². The van der Waals surface area contributed by atoms with Crippen molar-refractivity contribution in [1.29, 1.82) is 5.26 Å². The Labute approximate surface area is 101 Å². The van der Waals surface area contributed by atoms with Crippen LogP contribution in [-0.2, 0) is 0 Å². The molecule has 0 aliphatic heterocycles. The number of halogens is 1. The summed E-state index contributed by atoms with van der Waals surface area (Å²) in [6.45, 7) is 0. The van der Waals surface area contributed by atoms with E-state index in [9.17, 15) is 0 Å². The molecular weight excluding hydrogens is 244 g/mol. The zero-order valence-corrected chi connectivity index (χ0v) is 9.53. The van der Waals surface area contributed by atoms with Crippen LogP contribution >= 0.6 is 23.4 Å². The Kier molecular flexibility index (Phi) is 3.34. The summed E-state index contributed by atoms with van der Waals surface area (Å²) in [5, 5.41) is 10.5. The van der Waals surface area contributed by atoms with Crippen molar-refractivity contribution in [3.8, 4) is 6.07 Å². The van der Waals surface area contributed by atoms with Gasteiger partial charge < -0.3 is 0 Å². The molecule has 0 amide bonds. The largest absolute Gasteiger partial charge is 0.248 e. The molecule has 0 aliphatic rings. The second-order valence-corrected chi connectivity index (χ2v) is 4.18. The zero-order chi connectivity index (χ0) is 11.4. The lowest BCUT2D eigenvalue weighted by atomic mass is 10.5. The third-order valence-corrected chi connectivity index (χ3v) is 2.70. The molecular formula is C10H5ClN4S. The standard InChI is InChI=1S/C10H5ClN4S/c11-7-1-2-9(14-6-7)16-10-13-4-3-8(5-12)15-10/h1-4,6H. The average Bonchev–Trinajstić information content (AvgIpc) is 2.32. The molecule has 2 aromatic rings. The summed E-state index contributed by atoms with van der Waals surface area (Å²) in [5.74, 6) is 0. The maximum atomic E-state index is 8.68. The molecule has 2 heterocycles. The number of nitrogens with zero attached hydrogens (tertiary/aromatic N) is 4. The molecule has 0 N–H and O–H groups in total. The minimum Gasteiger partial charge on any atom is -0.248 e. The minimum absolute atomic E-state index is 0.339. The molecule has 0 bridgehead atoms. The van der Waals surface area contributed by atoms with Gasteiger partial charge in [-0.3, -0.25) is 0 Å². The van der Waals surface area contributed by atoms with Gasteiger partial charge in [-0.2, -0.15) is 5.26 Å². The predicted molar refractivity (Wildman–Crippen MR) is 60.1 cm³/mol. The van der Waals surface area contributed by atoms with Gasteiger partial charge in [-0.25, -0.2) is 15.0 Å². The summed E-state index contributed by atoms with van der Waals surface area (Å²) in [4.78, 5) is 12.2. The van der Waals surface area contributed by atoms with E-state index in [0.717, 1.165) is 5.03 Å². The average molecular weight is 249 g/mol. The van der Waals surface area contributed by atoms with Gasteiger partial charge in [-0.15, -0.1) is 0 Å². The van der Waals surface area contributed by atoms with E-state index < -0.39 is 0 Å². The fourth-order valence-corrected chi connectivity index (χ4v) is 1.77. The van der Waals surface area contributed by atoms with Gasteiger partial charge in [-0.1, -0.05) is 11.6 Å². The zero-order valence-electron chi connectivity index (χ0n) is 7.96.